The maximum Gasteiger partial charge on any atom is 0.261 e. The van der Waals surface area contributed by atoms with E-state index in [1.807, 2.05) is 6.07 Å². The molecule has 0 aliphatic carbocycles. The highest BCUT2D eigenvalue weighted by atomic mass is 16.3. The number of carbonyl (C=O) groups is 1. The van der Waals surface area contributed by atoms with Gasteiger partial charge in [-0.2, -0.15) is 0 Å². The smallest absolute Gasteiger partial charge is 0.261 e. The van der Waals surface area contributed by atoms with Gasteiger partial charge in [-0.3, -0.25) is 4.79 Å². The second-order valence-electron chi connectivity index (χ2n) is 4.50. The third kappa shape index (κ3) is 1.94. The van der Waals surface area contributed by atoms with Crippen LogP contribution < -0.4 is 5.32 Å². The monoisotopic (exact) mass is 247 g/mol. The molecule has 0 bridgehead atoms. The van der Waals surface area contributed by atoms with Crippen molar-refractivity contribution in [2.24, 2.45) is 5.92 Å². The van der Waals surface area contributed by atoms with Gasteiger partial charge in [0, 0.05) is 23.8 Å². The number of fused-ring (bicyclic) bond motifs is 1. The van der Waals surface area contributed by atoms with Gasteiger partial charge in [-0.1, -0.05) is 37.3 Å². The average molecular weight is 247 g/mol. The normalized spacial score (nSPS) is 24.1. The Balaban J connectivity index is 2.32. The summed E-state index contributed by atoms with van der Waals surface area (Å²) in [6.07, 6.45) is 4.05. The SMILES string of the molecule is C[C@H](/C=C/CCO)[C@@]1(O)C(=O)Nc2ccccc21. The second-order valence-corrected chi connectivity index (χ2v) is 4.50. The molecule has 1 aliphatic rings. The number of hydrogen-bond donors (Lipinski definition) is 3. The molecule has 1 heterocycles. The fraction of sp³-hybridized carbons (Fsp3) is 0.357. The zero-order valence-electron chi connectivity index (χ0n) is 10.3. The first kappa shape index (κ1) is 12.8. The molecular weight excluding hydrogens is 230 g/mol. The van der Waals surface area contributed by atoms with Crippen molar-refractivity contribution in [2.45, 2.75) is 18.9 Å². The second kappa shape index (κ2) is 4.92. The van der Waals surface area contributed by atoms with Crippen LogP contribution in [0.1, 0.15) is 18.9 Å². The van der Waals surface area contributed by atoms with E-state index in [-0.39, 0.29) is 12.5 Å². The van der Waals surface area contributed by atoms with Crippen molar-refractivity contribution in [2.75, 3.05) is 11.9 Å². The molecule has 3 N–H and O–H groups in total. The number of amides is 1. The lowest BCUT2D eigenvalue weighted by molar-refractivity contribution is -0.137. The van der Waals surface area contributed by atoms with E-state index in [4.69, 9.17) is 5.11 Å². The first-order valence-electron chi connectivity index (χ1n) is 6.01. The summed E-state index contributed by atoms with van der Waals surface area (Å²) in [6.45, 7) is 1.85. The summed E-state index contributed by atoms with van der Waals surface area (Å²) in [5.41, 5.74) is -0.258. The molecule has 0 radical (unpaired) electrons. The third-order valence-electron chi connectivity index (χ3n) is 3.31. The zero-order chi connectivity index (χ0) is 13.2. The van der Waals surface area contributed by atoms with Crippen LogP contribution >= 0.6 is 0 Å². The quantitative estimate of drug-likeness (QED) is 0.704. The highest BCUT2D eigenvalue weighted by Gasteiger charge is 2.48. The Kier molecular flexibility index (Phi) is 3.50. The summed E-state index contributed by atoms with van der Waals surface area (Å²) in [6, 6.07) is 7.14. The molecule has 18 heavy (non-hydrogen) atoms. The van der Waals surface area contributed by atoms with Gasteiger partial charge in [0.05, 0.1) is 0 Å². The molecule has 4 heteroatoms. The number of aliphatic hydroxyl groups is 2. The summed E-state index contributed by atoms with van der Waals surface area (Å²) >= 11 is 0. The van der Waals surface area contributed by atoms with Crippen LogP contribution in [-0.4, -0.2) is 22.7 Å². The Morgan fingerprint density at radius 2 is 2.17 bits per heavy atom. The molecule has 1 amide bonds. The minimum Gasteiger partial charge on any atom is -0.396 e. The van der Waals surface area contributed by atoms with Crippen LogP contribution in [0, 0.1) is 5.92 Å². The molecule has 2 rings (SSSR count). The first-order chi connectivity index (χ1) is 8.60. The molecule has 0 aromatic heterocycles. The number of para-hydroxylation sites is 1. The maximum absolute atomic E-state index is 12.0. The van der Waals surface area contributed by atoms with E-state index in [0.29, 0.717) is 17.7 Å². The van der Waals surface area contributed by atoms with E-state index < -0.39 is 11.5 Å². The molecule has 2 atom stereocenters. The van der Waals surface area contributed by atoms with Crippen LogP contribution in [0.15, 0.2) is 36.4 Å². The van der Waals surface area contributed by atoms with Gasteiger partial charge in [0.1, 0.15) is 0 Å². The molecule has 1 aromatic carbocycles. The largest absolute Gasteiger partial charge is 0.396 e. The number of anilines is 1. The van der Waals surface area contributed by atoms with Gasteiger partial charge < -0.3 is 15.5 Å². The van der Waals surface area contributed by atoms with E-state index in [1.54, 1.807) is 37.3 Å². The number of hydrogen-bond acceptors (Lipinski definition) is 3. The molecule has 1 aromatic rings. The van der Waals surface area contributed by atoms with Crippen LogP contribution in [0.3, 0.4) is 0 Å². The molecule has 96 valence electrons. The van der Waals surface area contributed by atoms with Crippen LogP contribution in [-0.2, 0) is 10.4 Å². The maximum atomic E-state index is 12.0. The number of benzene rings is 1. The summed E-state index contributed by atoms with van der Waals surface area (Å²) in [4.78, 5) is 12.0. The summed E-state index contributed by atoms with van der Waals surface area (Å²) in [7, 11) is 0. The van der Waals surface area contributed by atoms with E-state index in [2.05, 4.69) is 5.32 Å². The predicted octanol–water partition coefficient (Wildman–Crippen LogP) is 1.40. The van der Waals surface area contributed by atoms with Crippen molar-refractivity contribution in [3.05, 3.63) is 42.0 Å². The van der Waals surface area contributed by atoms with Gasteiger partial charge in [-0.25, -0.2) is 0 Å². The fourth-order valence-electron chi connectivity index (χ4n) is 2.23. The summed E-state index contributed by atoms with van der Waals surface area (Å²) in [5.74, 6) is -0.752. The first-order valence-corrected chi connectivity index (χ1v) is 6.01. The third-order valence-corrected chi connectivity index (χ3v) is 3.31. The van der Waals surface area contributed by atoms with E-state index >= 15 is 0 Å². The van der Waals surface area contributed by atoms with Crippen molar-refractivity contribution >= 4 is 11.6 Å². The van der Waals surface area contributed by atoms with Crippen molar-refractivity contribution in [3.8, 4) is 0 Å². The lowest BCUT2D eigenvalue weighted by atomic mass is 9.83. The number of carbonyl (C=O) groups excluding carboxylic acids is 1. The van der Waals surface area contributed by atoms with Crippen molar-refractivity contribution in [3.63, 3.8) is 0 Å². The molecule has 0 saturated carbocycles. The topological polar surface area (TPSA) is 69.6 Å². The zero-order valence-corrected chi connectivity index (χ0v) is 10.3. The molecule has 4 nitrogen and oxygen atoms in total. The highest BCUT2D eigenvalue weighted by Crippen LogP contribution is 2.41. The fourth-order valence-corrected chi connectivity index (χ4v) is 2.23. The summed E-state index contributed by atoms with van der Waals surface area (Å²) < 4.78 is 0. The molecule has 0 fully saturated rings. The number of aliphatic hydroxyl groups excluding tert-OH is 1. The van der Waals surface area contributed by atoms with Crippen LogP contribution in [0.25, 0.3) is 0 Å². The Hall–Kier alpha value is -1.65. The number of rotatable bonds is 4. The van der Waals surface area contributed by atoms with Crippen molar-refractivity contribution < 1.29 is 15.0 Å². The molecule has 1 aliphatic heterocycles. The lowest BCUT2D eigenvalue weighted by Crippen LogP contribution is -2.39. The molecular formula is C14H17NO3. The Morgan fingerprint density at radius 3 is 2.89 bits per heavy atom. The Morgan fingerprint density at radius 1 is 1.44 bits per heavy atom. The number of nitrogens with one attached hydrogen (secondary N) is 1. The van der Waals surface area contributed by atoms with Gasteiger partial charge >= 0.3 is 0 Å². The molecule has 0 saturated heterocycles. The Bertz CT molecular complexity index is 484. The van der Waals surface area contributed by atoms with Crippen molar-refractivity contribution in [1.29, 1.82) is 0 Å². The van der Waals surface area contributed by atoms with Crippen LogP contribution in [0.2, 0.25) is 0 Å². The minimum atomic E-state index is -1.53. The predicted molar refractivity (Wildman–Crippen MR) is 69.0 cm³/mol. The molecule has 0 unspecified atom stereocenters. The van der Waals surface area contributed by atoms with E-state index in [9.17, 15) is 9.90 Å². The van der Waals surface area contributed by atoms with E-state index in [1.165, 1.54) is 0 Å². The minimum absolute atomic E-state index is 0.0600. The standard InChI is InChI=1S/C14H17NO3/c1-10(6-4-5-9-16)14(18)11-7-2-3-8-12(11)15-13(14)17/h2-4,6-8,10,16,18H,5,9H2,1H3,(H,15,17)/b6-4+/t10-,14+/m1/s1. The lowest BCUT2D eigenvalue weighted by Gasteiger charge is -2.25. The van der Waals surface area contributed by atoms with Crippen LogP contribution in [0.5, 0.6) is 0 Å². The van der Waals surface area contributed by atoms with Gasteiger partial charge in [0.25, 0.3) is 5.91 Å². The Labute approximate surface area is 106 Å². The van der Waals surface area contributed by atoms with Crippen molar-refractivity contribution in [1.82, 2.24) is 0 Å². The van der Waals surface area contributed by atoms with Gasteiger partial charge in [0.15, 0.2) is 5.60 Å². The van der Waals surface area contributed by atoms with Gasteiger partial charge in [0.2, 0.25) is 0 Å². The van der Waals surface area contributed by atoms with Gasteiger partial charge in [-0.05, 0) is 12.5 Å². The molecule has 0 spiro atoms. The highest BCUT2D eigenvalue weighted by molar-refractivity contribution is 6.05. The van der Waals surface area contributed by atoms with Crippen LogP contribution in [0.4, 0.5) is 5.69 Å². The average Bonchev–Trinajstić information content (AvgIpc) is 2.63. The summed E-state index contributed by atoms with van der Waals surface area (Å²) in [5, 5.41) is 22.1. The van der Waals surface area contributed by atoms with E-state index in [0.717, 1.165) is 0 Å². The van der Waals surface area contributed by atoms with Gasteiger partial charge in [-0.15, -0.1) is 0 Å².